The molecule has 10 heteroatoms. The molecule has 0 spiro atoms. The van der Waals surface area contributed by atoms with E-state index in [-0.39, 0.29) is 17.1 Å². The number of hydrogen-bond donors (Lipinski definition) is 1. The summed E-state index contributed by atoms with van der Waals surface area (Å²) in [7, 11) is 1.39. The minimum absolute atomic E-state index is 0.0623. The molecule has 0 aliphatic rings. The summed E-state index contributed by atoms with van der Waals surface area (Å²) in [6.07, 6.45) is 1.20. The van der Waals surface area contributed by atoms with Crippen LogP contribution in [0.3, 0.4) is 0 Å². The number of pyridine rings is 1. The largest absolute Gasteiger partial charge is 0.441 e. The molecule has 1 heterocycles. The number of carbonyl (C=O) groups is 1. The fourth-order valence-electron chi connectivity index (χ4n) is 1.75. The lowest BCUT2D eigenvalue weighted by Crippen LogP contribution is -2.17. The lowest BCUT2D eigenvalue weighted by atomic mass is 10.1. The molecule has 0 aliphatic carbocycles. The van der Waals surface area contributed by atoms with Crippen LogP contribution >= 0.6 is 0 Å². The highest BCUT2D eigenvalue weighted by Crippen LogP contribution is 2.35. The van der Waals surface area contributed by atoms with Crippen LogP contribution < -0.4 is 10.1 Å². The van der Waals surface area contributed by atoms with Gasteiger partial charge in [-0.15, -0.1) is 0 Å². The van der Waals surface area contributed by atoms with Crippen LogP contribution in [0.4, 0.5) is 11.5 Å². The Morgan fingerprint density at radius 3 is 2.52 bits per heavy atom. The van der Waals surface area contributed by atoms with Gasteiger partial charge in [0.1, 0.15) is 6.20 Å². The van der Waals surface area contributed by atoms with E-state index in [1.54, 1.807) is 0 Å². The number of nitro benzene ring substituents is 1. The molecule has 2 rings (SSSR count). The Hall–Kier alpha value is -3.56. The minimum Gasteiger partial charge on any atom is -0.441 e. The fourth-order valence-corrected chi connectivity index (χ4v) is 1.75. The zero-order chi connectivity index (χ0) is 17.0. The summed E-state index contributed by atoms with van der Waals surface area (Å²) in [5, 5.41) is 24.4. The Morgan fingerprint density at radius 1 is 1.17 bits per heavy atom. The minimum atomic E-state index is -0.764. The number of rotatable bonds is 5. The first kappa shape index (κ1) is 15.8. The van der Waals surface area contributed by atoms with Crippen molar-refractivity contribution in [1.29, 1.82) is 0 Å². The van der Waals surface area contributed by atoms with E-state index in [0.717, 1.165) is 6.07 Å². The number of amides is 1. The van der Waals surface area contributed by atoms with Crippen LogP contribution in [0.25, 0.3) is 0 Å². The molecule has 10 nitrogen and oxygen atoms in total. The van der Waals surface area contributed by atoms with Gasteiger partial charge in [-0.3, -0.25) is 14.9 Å². The van der Waals surface area contributed by atoms with E-state index in [4.69, 9.17) is 4.74 Å². The molecule has 1 amide bonds. The van der Waals surface area contributed by atoms with Gasteiger partial charge in [-0.05, 0) is 34.2 Å². The van der Waals surface area contributed by atoms with Crippen LogP contribution in [-0.4, -0.2) is 27.8 Å². The highest BCUT2D eigenvalue weighted by Gasteiger charge is 2.23. The van der Waals surface area contributed by atoms with E-state index < -0.39 is 27.3 Å². The highest BCUT2D eigenvalue weighted by atomic mass is 16.6. The number of carbonyl (C=O) groups excluding carboxylic acids is 1. The zero-order valence-corrected chi connectivity index (χ0v) is 11.8. The van der Waals surface area contributed by atoms with E-state index >= 15 is 0 Å². The average molecular weight is 318 g/mol. The summed E-state index contributed by atoms with van der Waals surface area (Å²) in [6, 6.07) is 6.19. The predicted octanol–water partition coefficient (Wildman–Crippen LogP) is 2.05. The third-order valence-corrected chi connectivity index (χ3v) is 2.79. The predicted molar refractivity (Wildman–Crippen MR) is 77.5 cm³/mol. The maximum absolute atomic E-state index is 11.5. The summed E-state index contributed by atoms with van der Waals surface area (Å²) in [6.45, 7) is 0. The van der Waals surface area contributed by atoms with Crippen molar-refractivity contribution < 1.29 is 19.4 Å². The molecule has 1 N–H and O–H groups in total. The van der Waals surface area contributed by atoms with Crippen molar-refractivity contribution in [2.24, 2.45) is 0 Å². The standard InChI is InChI=1S/C13H10N4O6/c1-14-13(18)8-4-5-10(9(7-8)16(19)20)23-11-3-2-6-15-12(11)17(21)22/h2-7H,1H3,(H,14,18). The van der Waals surface area contributed by atoms with Gasteiger partial charge in [0.2, 0.25) is 11.5 Å². The van der Waals surface area contributed by atoms with Gasteiger partial charge in [0.25, 0.3) is 5.91 Å². The number of ether oxygens (including phenoxy) is 1. The number of hydrogen-bond acceptors (Lipinski definition) is 7. The molecule has 0 saturated carbocycles. The molecule has 118 valence electrons. The maximum Gasteiger partial charge on any atom is 0.406 e. The fraction of sp³-hybridized carbons (Fsp3) is 0.0769. The smallest absolute Gasteiger partial charge is 0.406 e. The molecule has 0 fully saturated rings. The molecule has 23 heavy (non-hydrogen) atoms. The van der Waals surface area contributed by atoms with Crippen LogP contribution in [0.5, 0.6) is 11.5 Å². The molecule has 0 radical (unpaired) electrons. The SMILES string of the molecule is CNC(=O)c1ccc(Oc2cccnc2[N+](=O)[O-])c([N+](=O)[O-])c1. The topological polar surface area (TPSA) is 138 Å². The molecule has 0 saturated heterocycles. The van der Waals surface area contributed by atoms with Gasteiger partial charge in [-0.1, -0.05) is 0 Å². The van der Waals surface area contributed by atoms with Crippen molar-refractivity contribution in [1.82, 2.24) is 10.3 Å². The Balaban J connectivity index is 2.46. The monoisotopic (exact) mass is 318 g/mol. The van der Waals surface area contributed by atoms with E-state index in [1.165, 1.54) is 37.5 Å². The first-order valence-electron chi connectivity index (χ1n) is 6.22. The summed E-state index contributed by atoms with van der Waals surface area (Å²) < 4.78 is 5.25. The lowest BCUT2D eigenvalue weighted by Gasteiger charge is -2.07. The third kappa shape index (κ3) is 3.37. The highest BCUT2D eigenvalue weighted by molar-refractivity contribution is 5.95. The zero-order valence-electron chi connectivity index (χ0n) is 11.8. The molecular formula is C13H10N4O6. The molecule has 2 aromatic rings. The van der Waals surface area contributed by atoms with Crippen LogP contribution in [0.15, 0.2) is 36.5 Å². The summed E-state index contributed by atoms with van der Waals surface area (Å²) in [4.78, 5) is 35.6. The van der Waals surface area contributed by atoms with Crippen LogP contribution in [0, 0.1) is 20.2 Å². The Bertz CT molecular complexity index is 792. The molecule has 0 unspecified atom stereocenters. The van der Waals surface area contributed by atoms with Crippen molar-refractivity contribution >= 4 is 17.4 Å². The molecular weight excluding hydrogens is 308 g/mol. The number of nitro groups is 2. The summed E-state index contributed by atoms with van der Waals surface area (Å²) in [5.41, 5.74) is -0.434. The van der Waals surface area contributed by atoms with E-state index in [2.05, 4.69) is 10.3 Å². The third-order valence-electron chi connectivity index (χ3n) is 2.79. The van der Waals surface area contributed by atoms with Gasteiger partial charge in [-0.2, -0.15) is 0 Å². The summed E-state index contributed by atoms with van der Waals surface area (Å²) >= 11 is 0. The Kier molecular flexibility index (Phi) is 4.45. The average Bonchev–Trinajstić information content (AvgIpc) is 2.54. The number of nitrogens with zero attached hydrogens (tertiary/aromatic N) is 3. The van der Waals surface area contributed by atoms with Crippen molar-refractivity contribution in [2.45, 2.75) is 0 Å². The Morgan fingerprint density at radius 2 is 1.91 bits per heavy atom. The van der Waals surface area contributed by atoms with E-state index in [1.807, 2.05) is 0 Å². The van der Waals surface area contributed by atoms with Crippen molar-refractivity contribution in [2.75, 3.05) is 7.05 Å². The normalized spacial score (nSPS) is 9.96. The molecule has 0 bridgehead atoms. The first-order valence-corrected chi connectivity index (χ1v) is 6.22. The second kappa shape index (κ2) is 6.47. The van der Waals surface area contributed by atoms with Gasteiger partial charge in [0.05, 0.1) is 4.92 Å². The number of aromatic nitrogens is 1. The quantitative estimate of drug-likeness (QED) is 0.657. The molecule has 1 aromatic carbocycles. The van der Waals surface area contributed by atoms with Gasteiger partial charge >= 0.3 is 11.5 Å². The van der Waals surface area contributed by atoms with E-state index in [0.29, 0.717) is 0 Å². The number of benzene rings is 1. The van der Waals surface area contributed by atoms with Gasteiger partial charge in [0, 0.05) is 18.7 Å². The van der Waals surface area contributed by atoms with Crippen molar-refractivity contribution in [3.63, 3.8) is 0 Å². The van der Waals surface area contributed by atoms with Crippen molar-refractivity contribution in [3.8, 4) is 11.5 Å². The molecule has 1 aromatic heterocycles. The van der Waals surface area contributed by atoms with Gasteiger partial charge in [0.15, 0.2) is 0 Å². The Labute approximate surface area is 129 Å². The second-order valence-corrected chi connectivity index (χ2v) is 4.20. The van der Waals surface area contributed by atoms with E-state index in [9.17, 15) is 25.0 Å². The van der Waals surface area contributed by atoms with Crippen LogP contribution in [-0.2, 0) is 0 Å². The van der Waals surface area contributed by atoms with Gasteiger partial charge < -0.3 is 20.2 Å². The van der Waals surface area contributed by atoms with Gasteiger partial charge in [-0.25, -0.2) is 0 Å². The summed E-state index contributed by atoms with van der Waals surface area (Å²) in [5.74, 6) is -1.56. The molecule has 0 aliphatic heterocycles. The molecule has 0 atom stereocenters. The van der Waals surface area contributed by atoms with Crippen LogP contribution in [0.2, 0.25) is 0 Å². The number of nitrogens with one attached hydrogen (secondary N) is 1. The van der Waals surface area contributed by atoms with Crippen molar-refractivity contribution in [3.05, 3.63) is 62.3 Å². The first-order chi connectivity index (χ1) is 10.9. The van der Waals surface area contributed by atoms with Crippen LogP contribution in [0.1, 0.15) is 10.4 Å². The maximum atomic E-state index is 11.5. The lowest BCUT2D eigenvalue weighted by molar-refractivity contribution is -0.391. The second-order valence-electron chi connectivity index (χ2n) is 4.20.